The highest BCUT2D eigenvalue weighted by Crippen LogP contribution is 2.63. The van der Waals surface area contributed by atoms with Gasteiger partial charge in [0.2, 0.25) is 0 Å². The van der Waals surface area contributed by atoms with Crippen molar-refractivity contribution < 1.29 is 0 Å². The molecule has 0 spiro atoms. The summed E-state index contributed by atoms with van der Waals surface area (Å²) in [6.07, 6.45) is 2.63. The predicted octanol–water partition coefficient (Wildman–Crippen LogP) is 7.02. The lowest BCUT2D eigenvalue weighted by molar-refractivity contribution is 0.279. The van der Waals surface area contributed by atoms with E-state index in [1.165, 1.54) is 36.2 Å². The molecule has 2 saturated heterocycles. The number of nitrogens with zero attached hydrogens (tertiary/aromatic N) is 3. The number of anilines is 1. The largest absolute Gasteiger partial charge is 0.324 e. The Morgan fingerprint density at radius 1 is 0.774 bits per heavy atom. The minimum atomic E-state index is -0.615. The van der Waals surface area contributed by atoms with Crippen molar-refractivity contribution in [3.8, 4) is 0 Å². The van der Waals surface area contributed by atoms with Crippen LogP contribution >= 0.6 is 8.37 Å². The second-order valence-corrected chi connectivity index (χ2v) is 10.7. The van der Waals surface area contributed by atoms with Gasteiger partial charge in [0.15, 0.2) is 8.37 Å². The molecule has 3 aromatic rings. The van der Waals surface area contributed by atoms with Crippen molar-refractivity contribution in [3.05, 3.63) is 102 Å². The van der Waals surface area contributed by atoms with Crippen LogP contribution in [0.5, 0.6) is 0 Å². The molecule has 0 amide bonds. The topological polar surface area (TPSA) is 9.72 Å². The zero-order valence-electron chi connectivity index (χ0n) is 18.5. The van der Waals surface area contributed by atoms with Crippen molar-refractivity contribution >= 4 is 14.1 Å². The van der Waals surface area contributed by atoms with E-state index in [-0.39, 0.29) is 0 Å². The van der Waals surface area contributed by atoms with Crippen LogP contribution in [-0.2, 0) is 0 Å². The third kappa shape index (κ3) is 4.03. The summed E-state index contributed by atoms with van der Waals surface area (Å²) in [4.78, 5) is 0. The zero-order chi connectivity index (χ0) is 21.2. The molecule has 31 heavy (non-hydrogen) atoms. The lowest BCUT2D eigenvalue weighted by Crippen LogP contribution is -2.34. The molecule has 4 atom stereocenters. The molecule has 0 bridgehead atoms. The van der Waals surface area contributed by atoms with E-state index >= 15 is 0 Å². The fourth-order valence-electron chi connectivity index (χ4n) is 5.13. The molecule has 0 radical (unpaired) electrons. The van der Waals surface area contributed by atoms with Crippen LogP contribution in [0.1, 0.15) is 49.9 Å². The molecule has 0 aliphatic carbocycles. The lowest BCUT2D eigenvalue weighted by Gasteiger charge is -2.45. The molecular weight excluding hydrogens is 397 g/mol. The Morgan fingerprint density at radius 2 is 1.29 bits per heavy atom. The molecule has 2 aliphatic heterocycles. The third-order valence-corrected chi connectivity index (χ3v) is 9.71. The summed E-state index contributed by atoms with van der Waals surface area (Å²) < 4.78 is 8.33. The molecular formula is C27H32N3P. The fourth-order valence-corrected chi connectivity index (χ4v) is 8.29. The molecule has 160 valence electrons. The molecule has 2 fully saturated rings. The molecule has 0 saturated carbocycles. The summed E-state index contributed by atoms with van der Waals surface area (Å²) in [5, 5.41) is 0. The number of hydrogen-bond acceptors (Lipinski definition) is 3. The van der Waals surface area contributed by atoms with Crippen LogP contribution in [0.3, 0.4) is 0 Å². The quantitative estimate of drug-likeness (QED) is 0.390. The lowest BCUT2D eigenvalue weighted by atomic mass is 10.0. The monoisotopic (exact) mass is 429 g/mol. The highest BCUT2D eigenvalue weighted by Gasteiger charge is 2.48. The first-order valence-electron chi connectivity index (χ1n) is 11.5. The molecule has 3 aromatic carbocycles. The Balaban J connectivity index is 1.59. The van der Waals surface area contributed by atoms with E-state index in [2.05, 4.69) is 119 Å². The molecule has 0 aromatic heterocycles. The van der Waals surface area contributed by atoms with Crippen molar-refractivity contribution in [2.75, 3.05) is 17.8 Å². The van der Waals surface area contributed by atoms with Crippen LogP contribution < -0.4 is 4.67 Å². The van der Waals surface area contributed by atoms with Crippen molar-refractivity contribution in [3.63, 3.8) is 0 Å². The van der Waals surface area contributed by atoms with Gasteiger partial charge in [-0.2, -0.15) is 0 Å². The van der Waals surface area contributed by atoms with Gasteiger partial charge in [0.25, 0.3) is 0 Å². The summed E-state index contributed by atoms with van der Waals surface area (Å²) in [7, 11) is -0.615. The van der Waals surface area contributed by atoms with E-state index < -0.39 is 8.37 Å². The number of para-hydroxylation sites is 1. The summed E-state index contributed by atoms with van der Waals surface area (Å²) in [6.45, 7) is 7.13. The normalized spacial score (nSPS) is 23.1. The molecule has 2 aliphatic rings. The van der Waals surface area contributed by atoms with Gasteiger partial charge in [-0.15, -0.1) is 0 Å². The number of hydrogen-bond donors (Lipinski definition) is 0. The average molecular weight is 430 g/mol. The maximum absolute atomic E-state index is 2.82. The van der Waals surface area contributed by atoms with Crippen LogP contribution in [0.4, 0.5) is 5.69 Å². The van der Waals surface area contributed by atoms with Gasteiger partial charge in [0, 0.05) is 36.9 Å². The standard InChI is InChI=1S/C27H32N3P/c1-22(24-13-6-3-7-14-24)30(23(2)25-15-8-4-9-16-25)31-28-20-12-19-27(28)21-29(31)26-17-10-5-11-18-26/h3-11,13-18,22-23,27H,12,19-21H2,1-2H3/t22-,23-,27+,31+/m1/s1. The van der Waals surface area contributed by atoms with Crippen LogP contribution in [0.15, 0.2) is 91.0 Å². The molecule has 0 unspecified atom stereocenters. The molecule has 4 heteroatoms. The first-order chi connectivity index (χ1) is 15.2. The van der Waals surface area contributed by atoms with Crippen LogP contribution in [0.25, 0.3) is 0 Å². The molecule has 5 rings (SSSR count). The number of benzene rings is 3. The van der Waals surface area contributed by atoms with Crippen LogP contribution in [0, 0.1) is 0 Å². The highest BCUT2D eigenvalue weighted by atomic mass is 31.2. The maximum atomic E-state index is 2.82. The fraction of sp³-hybridized carbons (Fsp3) is 0.333. The van der Waals surface area contributed by atoms with Gasteiger partial charge in [-0.05, 0) is 49.9 Å². The summed E-state index contributed by atoms with van der Waals surface area (Å²) in [5.74, 6) is 0. The van der Waals surface area contributed by atoms with E-state index in [1.54, 1.807) is 0 Å². The smallest absolute Gasteiger partial charge is 0.150 e. The van der Waals surface area contributed by atoms with Gasteiger partial charge in [0.05, 0.1) is 0 Å². The van der Waals surface area contributed by atoms with E-state index in [9.17, 15) is 0 Å². The second kappa shape index (κ2) is 9.12. The van der Waals surface area contributed by atoms with E-state index in [1.807, 2.05) is 0 Å². The third-order valence-electron chi connectivity index (χ3n) is 6.79. The minimum absolute atomic E-state index is 0.327. The van der Waals surface area contributed by atoms with Gasteiger partial charge >= 0.3 is 0 Å². The zero-order valence-corrected chi connectivity index (χ0v) is 19.4. The maximum Gasteiger partial charge on any atom is 0.150 e. The number of fused-ring (bicyclic) bond motifs is 1. The van der Waals surface area contributed by atoms with Gasteiger partial charge in [-0.3, -0.25) is 0 Å². The Bertz CT molecular complexity index is 920. The Kier molecular flexibility index (Phi) is 6.09. The van der Waals surface area contributed by atoms with E-state index in [0.29, 0.717) is 18.1 Å². The van der Waals surface area contributed by atoms with E-state index in [0.717, 1.165) is 6.54 Å². The van der Waals surface area contributed by atoms with Crippen molar-refractivity contribution in [2.45, 2.75) is 44.8 Å². The minimum Gasteiger partial charge on any atom is -0.324 e. The molecule has 2 heterocycles. The second-order valence-electron chi connectivity index (χ2n) is 8.70. The van der Waals surface area contributed by atoms with Crippen molar-refractivity contribution in [1.29, 1.82) is 0 Å². The summed E-state index contributed by atoms with van der Waals surface area (Å²) in [5.41, 5.74) is 4.14. The number of rotatable bonds is 6. The first-order valence-corrected chi connectivity index (χ1v) is 12.7. The van der Waals surface area contributed by atoms with Gasteiger partial charge in [-0.25, -0.2) is 9.34 Å². The summed E-state index contributed by atoms with van der Waals surface area (Å²) in [6, 6.07) is 34.5. The van der Waals surface area contributed by atoms with Crippen LogP contribution in [-0.4, -0.2) is 28.5 Å². The first kappa shape index (κ1) is 20.7. The van der Waals surface area contributed by atoms with E-state index in [4.69, 9.17) is 0 Å². The van der Waals surface area contributed by atoms with Crippen molar-refractivity contribution in [1.82, 2.24) is 9.34 Å². The predicted molar refractivity (Wildman–Crippen MR) is 132 cm³/mol. The SMILES string of the molecule is C[C@H](c1ccccc1)N([C@H](C)c1ccccc1)[P@]1N(c2ccccc2)C[C@@H]2CCCN21. The van der Waals surface area contributed by atoms with Gasteiger partial charge < -0.3 is 4.67 Å². The van der Waals surface area contributed by atoms with Gasteiger partial charge in [0.1, 0.15) is 0 Å². The van der Waals surface area contributed by atoms with Gasteiger partial charge in [-0.1, -0.05) is 78.9 Å². The highest BCUT2D eigenvalue weighted by molar-refractivity contribution is 7.55. The Labute approximate surface area is 188 Å². The average Bonchev–Trinajstić information content (AvgIpc) is 3.43. The van der Waals surface area contributed by atoms with Crippen molar-refractivity contribution in [2.24, 2.45) is 0 Å². The Morgan fingerprint density at radius 3 is 1.84 bits per heavy atom. The Hall–Kier alpha value is -2.19. The molecule has 3 nitrogen and oxygen atoms in total. The molecule has 0 N–H and O–H groups in total. The van der Waals surface area contributed by atoms with Crippen LogP contribution in [0.2, 0.25) is 0 Å². The summed E-state index contributed by atoms with van der Waals surface area (Å²) >= 11 is 0.